The highest BCUT2D eigenvalue weighted by Gasteiger charge is 2.18. The number of benzene rings is 1. The number of pyridine rings is 1. The van der Waals surface area contributed by atoms with E-state index >= 15 is 0 Å². The third-order valence-corrected chi connectivity index (χ3v) is 6.25. The van der Waals surface area contributed by atoms with Gasteiger partial charge < -0.3 is 0 Å². The van der Waals surface area contributed by atoms with Gasteiger partial charge in [-0.3, -0.25) is 4.98 Å². The van der Waals surface area contributed by atoms with Gasteiger partial charge in [0.1, 0.15) is 0 Å². The average molecular weight is 313 g/mol. The van der Waals surface area contributed by atoms with E-state index in [-0.39, 0.29) is 0 Å². The SMILES string of the molecule is [2H]C([2H])([2H])[SiH](C)c1cnc(-c2ccccc2)cc1CC1CCCCC1. The fourth-order valence-corrected chi connectivity index (χ4v) is 4.60. The minimum Gasteiger partial charge on any atom is -0.256 e. The molecule has 0 radical (unpaired) electrons. The molecule has 0 aliphatic heterocycles. The van der Waals surface area contributed by atoms with Gasteiger partial charge >= 0.3 is 0 Å². The van der Waals surface area contributed by atoms with Crippen molar-refractivity contribution in [3.63, 3.8) is 0 Å². The first kappa shape index (κ1) is 12.1. The number of hydrogen-bond donors (Lipinski definition) is 0. The van der Waals surface area contributed by atoms with Crippen molar-refractivity contribution in [2.24, 2.45) is 5.92 Å². The second-order valence-corrected chi connectivity index (χ2v) is 8.63. The van der Waals surface area contributed by atoms with Gasteiger partial charge in [-0.15, -0.1) is 0 Å². The molecule has 116 valence electrons. The van der Waals surface area contributed by atoms with E-state index in [4.69, 9.17) is 4.11 Å². The number of aromatic nitrogens is 1. The maximum absolute atomic E-state index is 7.88. The van der Waals surface area contributed by atoms with E-state index in [0.717, 1.165) is 22.9 Å². The van der Waals surface area contributed by atoms with Crippen molar-refractivity contribution in [1.82, 2.24) is 4.98 Å². The van der Waals surface area contributed by atoms with E-state index in [1.54, 1.807) is 0 Å². The van der Waals surface area contributed by atoms with Crippen LogP contribution in [0.5, 0.6) is 0 Å². The van der Waals surface area contributed by atoms with Crippen LogP contribution in [0.2, 0.25) is 13.0 Å². The normalized spacial score (nSPS) is 20.0. The van der Waals surface area contributed by atoms with E-state index < -0.39 is 15.3 Å². The average Bonchev–Trinajstić information content (AvgIpc) is 2.62. The van der Waals surface area contributed by atoms with Gasteiger partial charge in [-0.1, -0.05) is 75.5 Å². The van der Waals surface area contributed by atoms with Gasteiger partial charge in [-0.05, 0) is 29.2 Å². The van der Waals surface area contributed by atoms with Crippen LogP contribution in [0.15, 0.2) is 42.6 Å². The summed E-state index contributed by atoms with van der Waals surface area (Å²) in [5.41, 5.74) is 3.29. The highest BCUT2D eigenvalue weighted by atomic mass is 28.3. The molecular weight excluding hydrogens is 282 g/mol. The van der Waals surface area contributed by atoms with Crippen molar-refractivity contribution in [1.29, 1.82) is 0 Å². The van der Waals surface area contributed by atoms with Crippen LogP contribution in [-0.4, -0.2) is 13.8 Å². The molecule has 1 saturated carbocycles. The van der Waals surface area contributed by atoms with Crippen LogP contribution in [-0.2, 0) is 6.42 Å². The van der Waals surface area contributed by atoms with Gasteiger partial charge in [0.2, 0.25) is 0 Å². The van der Waals surface area contributed by atoms with E-state index in [0.29, 0.717) is 5.92 Å². The summed E-state index contributed by atoms with van der Waals surface area (Å²) >= 11 is 0. The molecule has 1 aromatic heterocycles. The first-order valence-electron chi connectivity index (χ1n) is 9.99. The molecule has 0 amide bonds. The van der Waals surface area contributed by atoms with Crippen molar-refractivity contribution in [2.75, 3.05) is 0 Å². The Morgan fingerprint density at radius 2 is 1.95 bits per heavy atom. The van der Waals surface area contributed by atoms with Gasteiger partial charge in [0.25, 0.3) is 0 Å². The maximum atomic E-state index is 7.88. The van der Waals surface area contributed by atoms with Crippen molar-refractivity contribution >= 4 is 14.0 Å². The van der Waals surface area contributed by atoms with Crippen molar-refractivity contribution in [3.05, 3.63) is 48.2 Å². The standard InChI is InChI=1S/C20H27NSi/c1-22(2)20-15-21-19(17-11-7-4-8-12-17)14-18(20)13-16-9-5-3-6-10-16/h4,7-8,11-12,14-16,22H,3,5-6,9-10,13H2,1-2H3/i1D3. The second-order valence-electron chi connectivity index (χ2n) is 6.56. The van der Waals surface area contributed by atoms with E-state index in [9.17, 15) is 0 Å². The van der Waals surface area contributed by atoms with Crippen molar-refractivity contribution in [3.8, 4) is 11.3 Å². The van der Waals surface area contributed by atoms with Gasteiger partial charge in [0.15, 0.2) is 0 Å². The molecule has 22 heavy (non-hydrogen) atoms. The molecule has 1 heterocycles. The van der Waals surface area contributed by atoms with Gasteiger partial charge in [0, 0.05) is 15.9 Å². The quantitative estimate of drug-likeness (QED) is 0.754. The Hall–Kier alpha value is -1.41. The molecule has 2 aromatic rings. The minimum atomic E-state index is -2.04. The largest absolute Gasteiger partial charge is 0.256 e. The lowest BCUT2D eigenvalue weighted by Gasteiger charge is -2.23. The predicted octanol–water partition coefficient (Wildman–Crippen LogP) is 4.57. The topological polar surface area (TPSA) is 12.9 Å². The number of rotatable bonds is 4. The molecular formula is C20H27NSi. The molecule has 1 aliphatic rings. The summed E-state index contributed by atoms with van der Waals surface area (Å²) < 4.78 is 23.6. The molecule has 1 fully saturated rings. The van der Waals surface area contributed by atoms with Crippen LogP contribution in [0.1, 0.15) is 41.8 Å². The van der Waals surface area contributed by atoms with Crippen LogP contribution < -0.4 is 5.19 Å². The zero-order valence-corrected chi connectivity index (χ0v) is 14.5. The molecule has 0 bridgehead atoms. The molecule has 0 N–H and O–H groups in total. The molecule has 1 nitrogen and oxygen atoms in total. The molecule has 2 heteroatoms. The zero-order chi connectivity index (χ0) is 17.9. The summed E-state index contributed by atoms with van der Waals surface area (Å²) in [6.45, 7) is 0.0911. The first-order valence-corrected chi connectivity index (χ1v) is 10.8. The van der Waals surface area contributed by atoms with Gasteiger partial charge in [-0.2, -0.15) is 0 Å². The summed E-state index contributed by atoms with van der Waals surface area (Å²) in [4.78, 5) is 4.62. The molecule has 0 saturated heterocycles. The Labute approximate surface area is 140 Å². The van der Waals surface area contributed by atoms with Crippen LogP contribution in [0, 0.1) is 5.92 Å². The van der Waals surface area contributed by atoms with Gasteiger partial charge in [-0.25, -0.2) is 0 Å². The Kier molecular flexibility index (Phi) is 3.97. The fourth-order valence-electron chi connectivity index (χ4n) is 3.54. The maximum Gasteiger partial charge on any atom is 0.0704 e. The summed E-state index contributed by atoms with van der Waals surface area (Å²) in [6, 6.07) is 12.3. The summed E-state index contributed by atoms with van der Waals surface area (Å²) in [5, 5.41) is 1.03. The van der Waals surface area contributed by atoms with Gasteiger partial charge in [0.05, 0.1) is 14.5 Å². The molecule has 0 spiro atoms. The van der Waals surface area contributed by atoms with Crippen LogP contribution in [0.3, 0.4) is 0 Å². The third kappa shape index (κ3) is 3.67. The lowest BCUT2D eigenvalue weighted by Crippen LogP contribution is -2.29. The second kappa shape index (κ2) is 7.23. The highest BCUT2D eigenvalue weighted by molar-refractivity contribution is 6.71. The van der Waals surface area contributed by atoms with Crippen LogP contribution in [0.25, 0.3) is 11.3 Å². The molecule has 1 atom stereocenters. The third-order valence-electron chi connectivity index (χ3n) is 4.79. The van der Waals surface area contributed by atoms with Crippen LogP contribution in [0.4, 0.5) is 0 Å². The number of nitrogens with zero attached hydrogens (tertiary/aromatic N) is 1. The fraction of sp³-hybridized carbons (Fsp3) is 0.450. The lowest BCUT2D eigenvalue weighted by atomic mass is 9.85. The van der Waals surface area contributed by atoms with E-state index in [1.165, 1.54) is 37.7 Å². The van der Waals surface area contributed by atoms with E-state index in [1.807, 2.05) is 30.9 Å². The molecule has 1 aliphatic carbocycles. The molecule has 3 rings (SSSR count). The highest BCUT2D eigenvalue weighted by Crippen LogP contribution is 2.27. The summed E-state index contributed by atoms with van der Waals surface area (Å²) in [6.07, 6.45) is 9.37. The summed E-state index contributed by atoms with van der Waals surface area (Å²) in [5.74, 6) is 0.691. The molecule has 1 aromatic carbocycles. The predicted molar refractivity (Wildman–Crippen MR) is 98.5 cm³/mol. The Bertz CT molecular complexity index is 694. The minimum absolute atomic E-state index is 0.691. The Morgan fingerprint density at radius 1 is 1.18 bits per heavy atom. The van der Waals surface area contributed by atoms with Crippen molar-refractivity contribution < 1.29 is 4.11 Å². The van der Waals surface area contributed by atoms with E-state index in [2.05, 4.69) is 23.2 Å². The number of hydrogen-bond acceptors (Lipinski definition) is 1. The van der Waals surface area contributed by atoms with Crippen molar-refractivity contribution in [2.45, 2.75) is 51.5 Å². The zero-order valence-electron chi connectivity index (χ0n) is 16.4. The Balaban J connectivity index is 1.96. The summed E-state index contributed by atoms with van der Waals surface area (Å²) in [7, 11) is -2.04. The Morgan fingerprint density at radius 3 is 2.68 bits per heavy atom. The lowest BCUT2D eigenvalue weighted by molar-refractivity contribution is 0.357. The first-order chi connectivity index (χ1) is 11.9. The monoisotopic (exact) mass is 312 g/mol. The van der Waals surface area contributed by atoms with Crippen LogP contribution >= 0.6 is 0 Å². The molecule has 1 unspecified atom stereocenters. The smallest absolute Gasteiger partial charge is 0.0704 e.